The van der Waals surface area contributed by atoms with Crippen molar-refractivity contribution in [3.63, 3.8) is 0 Å². The van der Waals surface area contributed by atoms with Crippen LogP contribution in [-0.2, 0) is 13.7 Å². The summed E-state index contributed by atoms with van der Waals surface area (Å²) in [4.78, 5) is 24.4. The summed E-state index contributed by atoms with van der Waals surface area (Å²) in [6.07, 6.45) is 1.35. The third-order valence-electron chi connectivity index (χ3n) is 4.89. The summed E-state index contributed by atoms with van der Waals surface area (Å²) in [5.74, 6) is -2.86. The monoisotopic (exact) mass is 411 g/mol. The van der Waals surface area contributed by atoms with Crippen LogP contribution in [0.4, 0.5) is 8.78 Å². The van der Waals surface area contributed by atoms with Crippen molar-refractivity contribution < 1.29 is 23.8 Å². The van der Waals surface area contributed by atoms with Crippen LogP contribution in [0.5, 0.6) is 0 Å². The number of aryl methyl sites for hydroxylation is 1. The molecule has 152 valence electrons. The van der Waals surface area contributed by atoms with Gasteiger partial charge in [0.05, 0.1) is 18.4 Å². The smallest absolute Gasteiger partial charge is 0.335 e. The van der Waals surface area contributed by atoms with Gasteiger partial charge in [0.2, 0.25) is 0 Å². The number of nitrogens with zero attached hydrogens (tertiary/aromatic N) is 3. The van der Waals surface area contributed by atoms with Crippen LogP contribution in [0.1, 0.15) is 15.9 Å². The van der Waals surface area contributed by atoms with E-state index in [2.05, 4.69) is 5.10 Å². The van der Waals surface area contributed by atoms with E-state index >= 15 is 0 Å². The molecule has 4 rings (SSSR count). The number of hydrogen-bond donors (Lipinski definition) is 2. The van der Waals surface area contributed by atoms with Crippen molar-refractivity contribution in [1.82, 2.24) is 14.3 Å². The molecule has 9 heteroatoms. The van der Waals surface area contributed by atoms with Gasteiger partial charge in [-0.2, -0.15) is 5.10 Å². The summed E-state index contributed by atoms with van der Waals surface area (Å²) in [6, 6.07) is 8.92. The quantitative estimate of drug-likeness (QED) is 0.538. The van der Waals surface area contributed by atoms with Crippen molar-refractivity contribution in [2.75, 3.05) is 0 Å². The maximum atomic E-state index is 14.3. The Morgan fingerprint density at radius 2 is 1.80 bits per heavy atom. The number of carbonyl (C=O) groups is 1. The summed E-state index contributed by atoms with van der Waals surface area (Å²) >= 11 is 0. The number of para-hydroxylation sites is 1. The fraction of sp³-hybridized carbons (Fsp3) is 0.0952. The minimum absolute atomic E-state index is 0.0477. The number of aromatic nitrogens is 3. The molecule has 0 aliphatic rings. The maximum absolute atomic E-state index is 14.3. The molecule has 4 aromatic rings. The Bertz CT molecular complexity index is 1350. The molecular weight excluding hydrogens is 396 g/mol. The van der Waals surface area contributed by atoms with Gasteiger partial charge in [0.25, 0.3) is 5.56 Å². The lowest BCUT2D eigenvalue weighted by Crippen LogP contribution is -2.21. The van der Waals surface area contributed by atoms with Crippen molar-refractivity contribution in [2.45, 2.75) is 6.61 Å². The Morgan fingerprint density at radius 1 is 1.10 bits per heavy atom. The number of benzene rings is 2. The highest BCUT2D eigenvalue weighted by atomic mass is 19.1. The first kappa shape index (κ1) is 19.5. The Morgan fingerprint density at radius 3 is 2.43 bits per heavy atom. The molecule has 0 saturated carbocycles. The van der Waals surface area contributed by atoms with E-state index in [-0.39, 0.29) is 22.3 Å². The minimum Gasteiger partial charge on any atom is -0.478 e. The van der Waals surface area contributed by atoms with E-state index in [1.54, 1.807) is 0 Å². The molecule has 2 aromatic carbocycles. The molecule has 0 unspecified atom stereocenters. The van der Waals surface area contributed by atoms with Crippen LogP contribution in [0.25, 0.3) is 27.8 Å². The Balaban J connectivity index is 2.02. The molecule has 0 spiro atoms. The van der Waals surface area contributed by atoms with Crippen molar-refractivity contribution in [3.8, 4) is 16.8 Å². The first-order chi connectivity index (χ1) is 14.3. The highest BCUT2D eigenvalue weighted by Gasteiger charge is 2.20. The average molecular weight is 411 g/mol. The van der Waals surface area contributed by atoms with Gasteiger partial charge in [0, 0.05) is 18.0 Å². The molecule has 0 radical (unpaired) electrons. The van der Waals surface area contributed by atoms with Gasteiger partial charge in [-0.15, -0.1) is 0 Å². The molecule has 2 heterocycles. The molecule has 0 aliphatic heterocycles. The molecule has 0 fully saturated rings. The van der Waals surface area contributed by atoms with Gasteiger partial charge in [0.15, 0.2) is 11.6 Å². The molecule has 0 amide bonds. The number of carboxylic acids is 1. The van der Waals surface area contributed by atoms with E-state index in [0.717, 1.165) is 16.8 Å². The van der Waals surface area contributed by atoms with Crippen molar-refractivity contribution in [1.29, 1.82) is 0 Å². The number of carboxylic acid groups (broad SMARTS) is 1. The van der Waals surface area contributed by atoms with Gasteiger partial charge in [-0.3, -0.25) is 9.36 Å². The number of aliphatic hydroxyl groups excluding tert-OH is 1. The lowest BCUT2D eigenvalue weighted by molar-refractivity contribution is 0.0697. The normalized spacial score (nSPS) is 11.2. The van der Waals surface area contributed by atoms with Crippen LogP contribution in [0.3, 0.4) is 0 Å². The van der Waals surface area contributed by atoms with E-state index in [9.17, 15) is 28.6 Å². The third kappa shape index (κ3) is 2.96. The molecule has 2 N–H and O–H groups in total. The fourth-order valence-corrected chi connectivity index (χ4v) is 3.43. The Labute approximate surface area is 168 Å². The highest BCUT2D eigenvalue weighted by molar-refractivity contribution is 5.91. The lowest BCUT2D eigenvalue weighted by atomic mass is 9.98. The summed E-state index contributed by atoms with van der Waals surface area (Å²) in [6.45, 7) is -0.407. The largest absolute Gasteiger partial charge is 0.478 e. The molecule has 0 aliphatic carbocycles. The lowest BCUT2D eigenvalue weighted by Gasteiger charge is -2.13. The molecule has 30 heavy (non-hydrogen) atoms. The van der Waals surface area contributed by atoms with Gasteiger partial charge < -0.3 is 10.2 Å². The van der Waals surface area contributed by atoms with Crippen LogP contribution in [0.2, 0.25) is 0 Å². The first-order valence-electron chi connectivity index (χ1n) is 8.83. The third-order valence-corrected chi connectivity index (χ3v) is 4.89. The van der Waals surface area contributed by atoms with Gasteiger partial charge in [0.1, 0.15) is 11.3 Å². The molecule has 2 aromatic heterocycles. The van der Waals surface area contributed by atoms with Gasteiger partial charge in [-0.05, 0) is 41.5 Å². The minimum atomic E-state index is -1.18. The number of hydrogen-bond acceptors (Lipinski definition) is 4. The number of pyridine rings is 1. The van der Waals surface area contributed by atoms with Gasteiger partial charge >= 0.3 is 5.97 Å². The zero-order valence-electron chi connectivity index (χ0n) is 15.6. The number of rotatable bonds is 4. The molecule has 0 bridgehead atoms. The van der Waals surface area contributed by atoms with Crippen LogP contribution < -0.4 is 5.56 Å². The molecule has 0 atom stereocenters. The summed E-state index contributed by atoms with van der Waals surface area (Å²) in [7, 11) is 1.42. The van der Waals surface area contributed by atoms with E-state index in [1.807, 2.05) is 0 Å². The number of aliphatic hydroxyl groups is 1. The van der Waals surface area contributed by atoms with Gasteiger partial charge in [-0.25, -0.2) is 18.3 Å². The van der Waals surface area contributed by atoms with Crippen LogP contribution in [0, 0.1) is 11.6 Å². The van der Waals surface area contributed by atoms with Crippen molar-refractivity contribution in [3.05, 3.63) is 81.8 Å². The summed E-state index contributed by atoms with van der Waals surface area (Å²) in [5.41, 5.74) is -0.0991. The Kier molecular flexibility index (Phi) is 4.67. The van der Waals surface area contributed by atoms with Crippen molar-refractivity contribution in [2.24, 2.45) is 7.05 Å². The summed E-state index contributed by atoms with van der Waals surface area (Å²) in [5, 5.41) is 23.4. The highest BCUT2D eigenvalue weighted by Crippen LogP contribution is 2.27. The summed E-state index contributed by atoms with van der Waals surface area (Å²) < 4.78 is 30.7. The number of fused-ring (bicyclic) bond motifs is 1. The van der Waals surface area contributed by atoms with Crippen LogP contribution in [0.15, 0.2) is 53.5 Å². The van der Waals surface area contributed by atoms with Gasteiger partial charge in [-0.1, -0.05) is 12.1 Å². The zero-order valence-corrected chi connectivity index (χ0v) is 15.6. The SMILES string of the molecule is Cn1c(=O)c(-c2cc(C(=O)O)ccc2CO)cc2cnn(-c3c(F)cccc3F)c21. The molecule has 0 saturated heterocycles. The van der Waals surface area contributed by atoms with E-state index in [0.29, 0.717) is 10.9 Å². The maximum Gasteiger partial charge on any atom is 0.335 e. The second-order valence-electron chi connectivity index (χ2n) is 6.66. The van der Waals surface area contributed by atoms with Crippen LogP contribution in [-0.4, -0.2) is 30.5 Å². The van der Waals surface area contributed by atoms with Crippen molar-refractivity contribution >= 4 is 17.0 Å². The predicted molar refractivity (Wildman–Crippen MR) is 105 cm³/mol. The first-order valence-corrected chi connectivity index (χ1v) is 8.83. The second-order valence-corrected chi connectivity index (χ2v) is 6.66. The predicted octanol–water partition coefficient (Wildman–Crippen LogP) is 2.86. The Hall–Kier alpha value is -3.85. The standard InChI is InChI=1S/C21H15F2N3O4/c1-25-19-13(9-24-26(19)18-16(22)3-2-4-17(18)23)8-15(20(25)28)14-7-11(21(29)30)5-6-12(14)10-27/h2-9,27H,10H2,1H3,(H,29,30). The van der Waals surface area contributed by atoms with Crippen LogP contribution >= 0.6 is 0 Å². The van der Waals surface area contributed by atoms with E-state index < -0.39 is 35.5 Å². The average Bonchev–Trinajstić information content (AvgIpc) is 3.13. The number of aromatic carboxylic acids is 1. The number of halogens is 2. The molecule has 7 nitrogen and oxygen atoms in total. The fourth-order valence-electron chi connectivity index (χ4n) is 3.43. The second kappa shape index (κ2) is 7.20. The molecular formula is C21H15F2N3O4. The topological polar surface area (TPSA) is 97.3 Å². The van der Waals surface area contributed by atoms with E-state index in [4.69, 9.17) is 0 Å². The zero-order chi connectivity index (χ0) is 21.6. The van der Waals surface area contributed by atoms with E-state index in [1.165, 1.54) is 48.1 Å².